The van der Waals surface area contributed by atoms with Crippen LogP contribution in [0.2, 0.25) is 0 Å². The summed E-state index contributed by atoms with van der Waals surface area (Å²) in [7, 11) is 0. The number of pyridine rings is 1. The Morgan fingerprint density at radius 1 is 1.00 bits per heavy atom. The van der Waals surface area contributed by atoms with Crippen LogP contribution in [0.5, 0.6) is 0 Å². The van der Waals surface area contributed by atoms with Crippen molar-refractivity contribution in [3.8, 4) is 22.6 Å². The van der Waals surface area contributed by atoms with Crippen LogP contribution < -0.4 is 10.6 Å². The molecule has 0 spiro atoms. The summed E-state index contributed by atoms with van der Waals surface area (Å²) in [5.41, 5.74) is 7.71. The Labute approximate surface area is 251 Å². The molecule has 2 aromatic carbocycles. The van der Waals surface area contributed by atoms with Gasteiger partial charge in [-0.15, -0.1) is 0 Å². The highest BCUT2D eigenvalue weighted by Crippen LogP contribution is 2.29. The molecular weight excluding hydrogens is 538 g/mol. The van der Waals surface area contributed by atoms with Crippen molar-refractivity contribution >= 4 is 23.2 Å². The molecule has 0 aliphatic carbocycles. The lowest BCUT2D eigenvalue weighted by atomic mass is 9.90. The van der Waals surface area contributed by atoms with Gasteiger partial charge in [0.15, 0.2) is 5.76 Å². The second-order valence-electron chi connectivity index (χ2n) is 11.0. The van der Waals surface area contributed by atoms with Gasteiger partial charge in [0.2, 0.25) is 5.95 Å². The summed E-state index contributed by atoms with van der Waals surface area (Å²) in [6, 6.07) is 17.6. The number of aryl methyl sites for hydroxylation is 2. The number of carbonyl (C=O) groups excluding carboxylic acids is 1. The molecule has 1 aliphatic rings. The van der Waals surface area contributed by atoms with E-state index in [1.807, 2.05) is 56.3 Å². The molecule has 218 valence electrons. The van der Waals surface area contributed by atoms with Crippen LogP contribution in [0.15, 0.2) is 83.9 Å². The maximum Gasteiger partial charge on any atom is 0.255 e. The van der Waals surface area contributed by atoms with Crippen LogP contribution in [0.1, 0.15) is 52.7 Å². The molecule has 3 aromatic heterocycles. The van der Waals surface area contributed by atoms with E-state index in [-0.39, 0.29) is 5.91 Å². The van der Waals surface area contributed by atoms with Gasteiger partial charge in [0.25, 0.3) is 5.91 Å². The highest BCUT2D eigenvalue weighted by atomic mass is 16.5. The molecular formula is C34H35N7O2. The molecule has 1 aliphatic heterocycles. The number of hydrogen-bond acceptors (Lipinski definition) is 8. The second kappa shape index (κ2) is 12.5. The standard InChI is InChI=1S/C34H35N7O2/c1-4-41-15-5-6-26(21-41)24-8-10-25(11-9-24)33(42)38-29-12-7-22(2)31(17-29)40-34-36-14-13-30(39-34)27-16-28(20-35-19-27)32-23(3)18-37-43-32/h7-14,16-20,26H,4-6,15,21H2,1-3H3,(H,38,42)(H,36,39,40). The predicted molar refractivity (Wildman–Crippen MR) is 168 cm³/mol. The minimum Gasteiger partial charge on any atom is -0.356 e. The first kappa shape index (κ1) is 28.2. The van der Waals surface area contributed by atoms with Gasteiger partial charge in [0.1, 0.15) is 0 Å². The molecule has 0 saturated carbocycles. The summed E-state index contributed by atoms with van der Waals surface area (Å²) in [5.74, 6) is 1.49. The Kier molecular flexibility index (Phi) is 8.24. The first-order chi connectivity index (χ1) is 21.0. The second-order valence-corrected chi connectivity index (χ2v) is 11.0. The van der Waals surface area contributed by atoms with Crippen LogP contribution in [-0.4, -0.2) is 50.5 Å². The maximum absolute atomic E-state index is 13.1. The van der Waals surface area contributed by atoms with E-state index in [0.717, 1.165) is 41.0 Å². The van der Waals surface area contributed by atoms with Crippen molar-refractivity contribution in [1.82, 2.24) is 25.0 Å². The molecule has 0 radical (unpaired) electrons. The van der Waals surface area contributed by atoms with Crippen LogP contribution in [0, 0.1) is 13.8 Å². The number of piperidine rings is 1. The fraction of sp³-hybridized carbons (Fsp3) is 0.265. The molecule has 1 amide bonds. The summed E-state index contributed by atoms with van der Waals surface area (Å²) in [4.78, 5) is 29.1. The lowest BCUT2D eigenvalue weighted by Crippen LogP contribution is -2.34. The largest absolute Gasteiger partial charge is 0.356 e. The van der Waals surface area contributed by atoms with Gasteiger partial charge in [-0.3, -0.25) is 9.78 Å². The molecule has 0 bridgehead atoms. The predicted octanol–water partition coefficient (Wildman–Crippen LogP) is 7.01. The Bertz CT molecular complexity index is 1730. The summed E-state index contributed by atoms with van der Waals surface area (Å²) < 4.78 is 5.39. The third-order valence-corrected chi connectivity index (χ3v) is 8.04. The fourth-order valence-electron chi connectivity index (χ4n) is 5.53. The van der Waals surface area contributed by atoms with Crippen LogP contribution in [0.4, 0.5) is 17.3 Å². The normalized spacial score (nSPS) is 15.3. The topological polar surface area (TPSA) is 109 Å². The van der Waals surface area contributed by atoms with Gasteiger partial charge in [-0.05, 0) is 93.2 Å². The van der Waals surface area contributed by atoms with Crippen LogP contribution in [0.3, 0.4) is 0 Å². The SMILES string of the molecule is CCN1CCCC(c2ccc(C(=O)Nc3ccc(C)c(Nc4nccc(-c5cncc(-c6oncc6C)c5)n4)c3)cc2)C1. The van der Waals surface area contributed by atoms with Crippen molar-refractivity contribution in [3.63, 3.8) is 0 Å². The van der Waals surface area contributed by atoms with Gasteiger partial charge in [-0.25, -0.2) is 9.97 Å². The number of benzene rings is 2. The zero-order valence-electron chi connectivity index (χ0n) is 24.7. The fourth-order valence-corrected chi connectivity index (χ4v) is 5.53. The lowest BCUT2D eigenvalue weighted by Gasteiger charge is -2.32. The van der Waals surface area contributed by atoms with E-state index in [4.69, 9.17) is 9.51 Å². The average Bonchev–Trinajstić information content (AvgIpc) is 3.48. The lowest BCUT2D eigenvalue weighted by molar-refractivity contribution is 0.102. The zero-order valence-corrected chi connectivity index (χ0v) is 24.7. The molecule has 9 nitrogen and oxygen atoms in total. The first-order valence-electron chi connectivity index (χ1n) is 14.7. The van der Waals surface area contributed by atoms with Crippen molar-refractivity contribution in [2.45, 2.75) is 39.5 Å². The van der Waals surface area contributed by atoms with Crippen molar-refractivity contribution in [2.24, 2.45) is 0 Å². The molecule has 1 fully saturated rings. The van der Waals surface area contributed by atoms with Gasteiger partial charge >= 0.3 is 0 Å². The highest BCUT2D eigenvalue weighted by Gasteiger charge is 2.20. The summed E-state index contributed by atoms with van der Waals surface area (Å²) in [6.07, 6.45) is 9.29. The monoisotopic (exact) mass is 573 g/mol. The maximum atomic E-state index is 13.1. The van der Waals surface area contributed by atoms with E-state index in [2.05, 4.69) is 49.7 Å². The van der Waals surface area contributed by atoms with Crippen LogP contribution >= 0.6 is 0 Å². The molecule has 2 N–H and O–H groups in total. The Morgan fingerprint density at radius 3 is 2.63 bits per heavy atom. The number of carbonyl (C=O) groups is 1. The van der Waals surface area contributed by atoms with Gasteiger partial charge in [-0.2, -0.15) is 0 Å². The summed E-state index contributed by atoms with van der Waals surface area (Å²) in [5, 5.41) is 10.2. The van der Waals surface area contributed by atoms with E-state index in [0.29, 0.717) is 34.6 Å². The zero-order chi connectivity index (χ0) is 29.8. The minimum absolute atomic E-state index is 0.146. The number of hydrogen-bond donors (Lipinski definition) is 2. The molecule has 6 rings (SSSR count). The Balaban J connectivity index is 1.15. The number of aromatic nitrogens is 4. The van der Waals surface area contributed by atoms with E-state index >= 15 is 0 Å². The number of rotatable bonds is 8. The molecule has 43 heavy (non-hydrogen) atoms. The van der Waals surface area contributed by atoms with Gasteiger partial charge < -0.3 is 20.1 Å². The van der Waals surface area contributed by atoms with E-state index in [1.165, 1.54) is 24.9 Å². The average molecular weight is 574 g/mol. The highest BCUT2D eigenvalue weighted by molar-refractivity contribution is 6.04. The van der Waals surface area contributed by atoms with Crippen molar-refractivity contribution in [3.05, 3.63) is 102 Å². The molecule has 4 heterocycles. The molecule has 5 aromatic rings. The van der Waals surface area contributed by atoms with Crippen LogP contribution in [-0.2, 0) is 0 Å². The van der Waals surface area contributed by atoms with Crippen molar-refractivity contribution in [1.29, 1.82) is 0 Å². The van der Waals surface area contributed by atoms with E-state index in [1.54, 1.807) is 24.8 Å². The number of nitrogens with zero attached hydrogens (tertiary/aromatic N) is 5. The number of likely N-dealkylation sites (tertiary alicyclic amines) is 1. The third kappa shape index (κ3) is 6.47. The number of amides is 1. The number of anilines is 3. The number of nitrogens with one attached hydrogen (secondary N) is 2. The van der Waals surface area contributed by atoms with Crippen LogP contribution in [0.25, 0.3) is 22.6 Å². The number of likely N-dealkylation sites (N-methyl/N-ethyl adjacent to an activating group) is 1. The minimum atomic E-state index is -0.146. The summed E-state index contributed by atoms with van der Waals surface area (Å²) >= 11 is 0. The quantitative estimate of drug-likeness (QED) is 0.204. The van der Waals surface area contributed by atoms with Gasteiger partial charge in [0.05, 0.1) is 11.9 Å². The molecule has 9 heteroatoms. The van der Waals surface area contributed by atoms with E-state index in [9.17, 15) is 4.79 Å². The van der Waals surface area contributed by atoms with E-state index < -0.39 is 0 Å². The smallest absolute Gasteiger partial charge is 0.255 e. The first-order valence-corrected chi connectivity index (χ1v) is 14.7. The van der Waals surface area contributed by atoms with Crippen molar-refractivity contribution in [2.75, 3.05) is 30.3 Å². The Hall–Kier alpha value is -4.89. The molecule has 1 saturated heterocycles. The third-order valence-electron chi connectivity index (χ3n) is 8.04. The molecule has 1 atom stereocenters. The summed E-state index contributed by atoms with van der Waals surface area (Å²) in [6.45, 7) is 9.49. The van der Waals surface area contributed by atoms with Gasteiger partial charge in [0, 0.05) is 58.8 Å². The molecule has 1 unspecified atom stereocenters. The van der Waals surface area contributed by atoms with Gasteiger partial charge in [-0.1, -0.05) is 30.3 Å². The Morgan fingerprint density at radius 2 is 1.84 bits per heavy atom. The van der Waals surface area contributed by atoms with Crippen molar-refractivity contribution < 1.29 is 9.32 Å².